The zero-order valence-electron chi connectivity index (χ0n) is 5.87. The third-order valence-corrected chi connectivity index (χ3v) is 0. The van der Waals surface area contributed by atoms with Crippen LogP contribution in [0.25, 0.3) is 0 Å². The summed E-state index contributed by atoms with van der Waals surface area (Å²) in [7, 11) is -10.8. The van der Waals surface area contributed by atoms with Gasteiger partial charge in [0.15, 0.2) is 0 Å². The molecule has 0 atom stereocenters. The van der Waals surface area contributed by atoms with Crippen LogP contribution in [0.1, 0.15) is 0 Å². The van der Waals surface area contributed by atoms with Crippen molar-refractivity contribution < 1.29 is 90.5 Å². The summed E-state index contributed by atoms with van der Waals surface area (Å²) in [6.07, 6.45) is 0. The molecule has 0 heterocycles. The maximum atomic E-state index is 8.55. The monoisotopic (exact) mass is 598 g/mol. The van der Waals surface area contributed by atoms with Gasteiger partial charge >= 0.3 is 75.1 Å². The molecule has 0 unspecified atom stereocenters. The average molecular weight is 597 g/mol. The van der Waals surface area contributed by atoms with Crippen LogP contribution in [0.4, 0.5) is 0 Å². The summed E-state index contributed by atoms with van der Waals surface area (Å²) in [6, 6.07) is 0. The van der Waals surface area contributed by atoms with E-state index in [1.807, 2.05) is 0 Å². The van der Waals surface area contributed by atoms with E-state index in [1.165, 1.54) is 0 Å². The van der Waals surface area contributed by atoms with Gasteiger partial charge in [-0.2, -0.15) is 15.6 Å². The van der Waals surface area contributed by atoms with Crippen molar-refractivity contribution in [2.45, 2.75) is 0 Å². The van der Waals surface area contributed by atoms with Crippen LogP contribution < -0.4 is 29.4 Å². The maximum absolute atomic E-state index is 8.55. The third-order valence-electron chi connectivity index (χ3n) is 0. The Kier molecular flexibility index (Phi) is 31.4. The maximum Gasteiger partial charge on any atom is 4.00 e. The Morgan fingerprint density at radius 3 is 0.692 bits per heavy atom. The predicted octanol–water partition coefficient (Wildman–Crippen LogP) is -6.04. The van der Waals surface area contributed by atoms with Crippen molar-refractivity contribution in [3.63, 3.8) is 0 Å². The van der Waals surface area contributed by atoms with Gasteiger partial charge in [-0.05, 0) is 0 Å². The molecule has 0 N–H and O–H groups in total. The van der Waals surface area contributed by atoms with Crippen LogP contribution in [-0.4, -0.2) is 48.9 Å². The molecular weight excluding hydrogens is 597 g/mol. The van der Waals surface area contributed by atoms with Crippen molar-refractivity contribution in [1.29, 1.82) is 0 Å². The topological polar surface area (TPSA) is 172 Å². The second kappa shape index (κ2) is 13.6. The largest absolute Gasteiger partial charge is 4.00 e. The van der Waals surface area contributed by atoms with Gasteiger partial charge in [-0.25, -0.2) is 0 Å². The summed E-state index contributed by atoms with van der Waals surface area (Å²) in [4.78, 5) is 51.3. The van der Waals surface area contributed by atoms with Crippen LogP contribution in [-0.2, 0) is 61.2 Å². The van der Waals surface area contributed by atoms with E-state index in [0.29, 0.717) is 0 Å². The molecule has 0 aliphatic rings. The van der Waals surface area contributed by atoms with E-state index in [-0.39, 0.29) is 101 Å². The molecule has 0 bridgehead atoms. The molecule has 13 heteroatoms. The SMILES string of the molecule is O=P([O-])([O-])[O-].O=P([O-])([O-])[O-].[Ba+2].[Hf].[Zr+4]. The Balaban J connectivity index is -0.0000000267. The van der Waals surface area contributed by atoms with Crippen molar-refractivity contribution in [1.82, 2.24) is 0 Å². The number of hydrogen-bond acceptors (Lipinski definition) is 8. The van der Waals surface area contributed by atoms with Crippen molar-refractivity contribution in [3.8, 4) is 0 Å². The van der Waals surface area contributed by atoms with Gasteiger partial charge in [0.2, 0.25) is 0 Å². The van der Waals surface area contributed by atoms with Gasteiger partial charge < -0.3 is 38.5 Å². The van der Waals surface area contributed by atoms with Gasteiger partial charge in [-0.1, -0.05) is 0 Å². The Morgan fingerprint density at radius 1 is 0.692 bits per heavy atom. The van der Waals surface area contributed by atoms with Gasteiger partial charge in [0.05, 0.1) is 0 Å². The Labute approximate surface area is 152 Å². The molecule has 0 saturated carbocycles. The van der Waals surface area contributed by atoms with E-state index in [1.54, 1.807) is 0 Å². The smallest absolute Gasteiger partial charge is 0.822 e. The Morgan fingerprint density at radius 2 is 0.692 bits per heavy atom. The molecule has 8 nitrogen and oxygen atoms in total. The van der Waals surface area contributed by atoms with E-state index in [2.05, 4.69) is 0 Å². The van der Waals surface area contributed by atoms with Crippen molar-refractivity contribution in [2.75, 3.05) is 0 Å². The number of rotatable bonds is 0. The quantitative estimate of drug-likeness (QED) is 0.196. The molecule has 0 rings (SSSR count). The predicted molar refractivity (Wildman–Crippen MR) is 21.0 cm³/mol. The molecule has 0 fully saturated rings. The number of phosphoric acid groups is 2. The van der Waals surface area contributed by atoms with Crippen LogP contribution in [0.2, 0.25) is 0 Å². The first-order valence-electron chi connectivity index (χ1n) is 1.46. The van der Waals surface area contributed by atoms with E-state index in [0.717, 1.165) is 0 Å². The molecule has 68 valence electrons. The normalized spacial score (nSPS) is 9.08. The zero-order chi connectivity index (χ0) is 9.00. The molecule has 0 aliphatic heterocycles. The first-order chi connectivity index (χ1) is 4.00. The standard InChI is InChI=1S/Ba.Hf.2H3O4P.Zr/c;;2*1-5(2,3)4;/h;;2*(H3,1,2,3,4);/q+2;;;;+4/p-6. The van der Waals surface area contributed by atoms with Gasteiger partial charge in [0.1, 0.15) is 0 Å². The van der Waals surface area contributed by atoms with Crippen LogP contribution >= 0.6 is 15.6 Å². The molecule has 0 amide bonds. The third kappa shape index (κ3) is 227. The van der Waals surface area contributed by atoms with Crippen LogP contribution in [0.5, 0.6) is 0 Å². The first kappa shape index (κ1) is 30.0. The fourth-order valence-electron chi connectivity index (χ4n) is 0. The van der Waals surface area contributed by atoms with Crippen LogP contribution in [0.3, 0.4) is 0 Å². The number of hydrogen-bond donors (Lipinski definition) is 0. The summed E-state index contributed by atoms with van der Waals surface area (Å²) in [6.45, 7) is 0. The molecule has 0 radical (unpaired) electrons. The average Bonchev–Trinajstić information content (AvgIpc) is 1.12. The second-order valence-corrected chi connectivity index (χ2v) is 2.68. The minimum absolute atomic E-state index is 0. The van der Waals surface area contributed by atoms with Gasteiger partial charge in [-0.3, -0.25) is 0 Å². The molecule has 0 aromatic carbocycles. The fourth-order valence-corrected chi connectivity index (χ4v) is 0. The van der Waals surface area contributed by atoms with E-state index < -0.39 is 15.6 Å². The molecular formula is BaHfO8P2Zr. The van der Waals surface area contributed by atoms with Crippen molar-refractivity contribution >= 4 is 64.5 Å². The molecule has 0 spiro atoms. The molecule has 13 heavy (non-hydrogen) atoms. The Hall–Kier alpha value is 3.54. The summed E-state index contributed by atoms with van der Waals surface area (Å²) in [5.74, 6) is 0. The fraction of sp³-hybridized carbons (Fsp3) is 0. The van der Waals surface area contributed by atoms with Crippen molar-refractivity contribution in [2.24, 2.45) is 0 Å². The van der Waals surface area contributed by atoms with E-state index >= 15 is 0 Å². The van der Waals surface area contributed by atoms with Gasteiger partial charge in [0, 0.05) is 25.8 Å². The first-order valence-corrected chi connectivity index (χ1v) is 4.38. The van der Waals surface area contributed by atoms with Gasteiger partial charge in [0.25, 0.3) is 0 Å². The zero-order valence-corrected chi connectivity index (χ0v) is 18.1. The summed E-state index contributed by atoms with van der Waals surface area (Å²) in [5, 5.41) is 0. The van der Waals surface area contributed by atoms with Crippen LogP contribution in [0.15, 0.2) is 0 Å². The van der Waals surface area contributed by atoms with E-state index in [4.69, 9.17) is 38.5 Å². The minimum atomic E-state index is -5.39. The minimum Gasteiger partial charge on any atom is -0.822 e. The molecule has 0 aromatic rings. The Bertz CT molecular complexity index is 134. The molecule has 0 saturated heterocycles. The van der Waals surface area contributed by atoms with E-state index in [9.17, 15) is 0 Å². The summed E-state index contributed by atoms with van der Waals surface area (Å²) in [5.41, 5.74) is 0. The molecule has 0 aliphatic carbocycles. The summed E-state index contributed by atoms with van der Waals surface area (Å²) >= 11 is 0. The second-order valence-electron chi connectivity index (χ2n) is 0.894. The van der Waals surface area contributed by atoms with Crippen molar-refractivity contribution in [3.05, 3.63) is 0 Å². The molecule has 0 aromatic heterocycles. The van der Waals surface area contributed by atoms with Crippen LogP contribution in [0, 0.1) is 0 Å². The van der Waals surface area contributed by atoms with Gasteiger partial charge in [-0.15, -0.1) is 0 Å². The summed E-state index contributed by atoms with van der Waals surface area (Å²) < 4.78 is 17.1.